The fourth-order valence-electron chi connectivity index (χ4n) is 3.30. The second kappa shape index (κ2) is 6.97. The molecule has 0 aromatic carbocycles. The van der Waals surface area contributed by atoms with Crippen molar-refractivity contribution in [3.05, 3.63) is 0 Å². The summed E-state index contributed by atoms with van der Waals surface area (Å²) in [6, 6.07) is 0.491. The van der Waals surface area contributed by atoms with Crippen LogP contribution >= 0.6 is 0 Å². The lowest BCUT2D eigenvalue weighted by Gasteiger charge is -2.42. The highest BCUT2D eigenvalue weighted by Crippen LogP contribution is 2.23. The van der Waals surface area contributed by atoms with Gasteiger partial charge in [0, 0.05) is 19.1 Å². The molecule has 2 aliphatic rings. The molecule has 0 spiro atoms. The van der Waals surface area contributed by atoms with E-state index in [-0.39, 0.29) is 6.09 Å². The van der Waals surface area contributed by atoms with Gasteiger partial charge in [-0.2, -0.15) is 0 Å². The molecule has 1 amide bonds. The number of ether oxygens (including phenoxy) is 1. The van der Waals surface area contributed by atoms with Crippen LogP contribution in [0.1, 0.15) is 46.5 Å². The molecule has 2 saturated heterocycles. The number of likely N-dealkylation sites (tertiary alicyclic amines) is 2. The number of carbonyl (C=O) groups is 1. The fourth-order valence-corrected chi connectivity index (χ4v) is 3.30. The van der Waals surface area contributed by atoms with E-state index in [2.05, 4.69) is 4.90 Å². The summed E-state index contributed by atoms with van der Waals surface area (Å²) in [5.41, 5.74) is 5.35. The largest absolute Gasteiger partial charge is 0.444 e. The normalized spacial score (nSPS) is 25.9. The minimum absolute atomic E-state index is 0.163. The molecule has 0 radical (unpaired) electrons. The first-order valence-electron chi connectivity index (χ1n) is 8.31. The van der Waals surface area contributed by atoms with Gasteiger partial charge in [-0.05, 0) is 72.0 Å². The maximum atomic E-state index is 12.2. The highest BCUT2D eigenvalue weighted by Gasteiger charge is 2.32. The number of amides is 1. The van der Waals surface area contributed by atoms with Gasteiger partial charge in [0.05, 0.1) is 0 Å². The maximum Gasteiger partial charge on any atom is 0.410 e. The Labute approximate surface area is 128 Å². The van der Waals surface area contributed by atoms with Crippen molar-refractivity contribution in [3.63, 3.8) is 0 Å². The van der Waals surface area contributed by atoms with Gasteiger partial charge in [0.15, 0.2) is 0 Å². The molecule has 1 unspecified atom stereocenters. The third-order valence-corrected chi connectivity index (χ3v) is 4.55. The van der Waals surface area contributed by atoms with Crippen LogP contribution in [0.4, 0.5) is 4.79 Å². The third kappa shape index (κ3) is 4.85. The van der Waals surface area contributed by atoms with Gasteiger partial charge in [-0.15, -0.1) is 0 Å². The summed E-state index contributed by atoms with van der Waals surface area (Å²) in [5, 5.41) is 0. The Bertz CT molecular complexity index is 346. The van der Waals surface area contributed by atoms with Crippen molar-refractivity contribution in [2.75, 3.05) is 32.7 Å². The molecule has 2 N–H and O–H groups in total. The summed E-state index contributed by atoms with van der Waals surface area (Å²) >= 11 is 0. The molecule has 0 aromatic heterocycles. The molecule has 0 bridgehead atoms. The number of nitrogens with zero attached hydrogens (tertiary/aromatic N) is 2. The lowest BCUT2D eigenvalue weighted by Crippen LogP contribution is -2.52. The molecule has 2 rings (SSSR count). The standard InChI is InChI=1S/C16H31N3O2/c1-16(2,3)21-15(20)19-8-4-5-14(12-19)18-9-6-13(11-17)7-10-18/h13-14H,4-12,17H2,1-3H3. The number of hydrogen-bond donors (Lipinski definition) is 1. The Balaban J connectivity index is 1.85. The summed E-state index contributed by atoms with van der Waals surface area (Å²) < 4.78 is 5.50. The van der Waals surface area contributed by atoms with Crippen LogP contribution in [0.2, 0.25) is 0 Å². The third-order valence-electron chi connectivity index (χ3n) is 4.55. The Morgan fingerprint density at radius 2 is 1.86 bits per heavy atom. The molecule has 2 heterocycles. The van der Waals surface area contributed by atoms with Crippen molar-refractivity contribution in [2.45, 2.75) is 58.1 Å². The predicted octanol–water partition coefficient (Wildman–Crippen LogP) is 2.06. The van der Waals surface area contributed by atoms with Crippen molar-refractivity contribution >= 4 is 6.09 Å². The first-order chi connectivity index (χ1) is 9.89. The smallest absolute Gasteiger partial charge is 0.410 e. The van der Waals surface area contributed by atoms with Gasteiger partial charge in [0.1, 0.15) is 5.60 Å². The van der Waals surface area contributed by atoms with E-state index in [4.69, 9.17) is 10.5 Å². The maximum absolute atomic E-state index is 12.2. The molecule has 5 heteroatoms. The monoisotopic (exact) mass is 297 g/mol. The molecule has 122 valence electrons. The quantitative estimate of drug-likeness (QED) is 0.847. The number of piperidine rings is 2. The highest BCUT2D eigenvalue weighted by atomic mass is 16.6. The first-order valence-corrected chi connectivity index (χ1v) is 8.31. The Hall–Kier alpha value is -0.810. The van der Waals surface area contributed by atoms with Gasteiger partial charge in [0.25, 0.3) is 0 Å². The van der Waals surface area contributed by atoms with Gasteiger partial charge in [-0.1, -0.05) is 0 Å². The van der Waals surface area contributed by atoms with Crippen molar-refractivity contribution < 1.29 is 9.53 Å². The lowest BCUT2D eigenvalue weighted by molar-refractivity contribution is 0.00730. The van der Waals surface area contributed by atoms with Crippen LogP contribution in [0.3, 0.4) is 0 Å². The zero-order chi connectivity index (χ0) is 15.5. The van der Waals surface area contributed by atoms with Crippen LogP contribution in [-0.2, 0) is 4.74 Å². The Morgan fingerprint density at radius 1 is 1.19 bits per heavy atom. The first kappa shape index (κ1) is 16.6. The van der Waals surface area contributed by atoms with E-state index in [9.17, 15) is 4.79 Å². The lowest BCUT2D eigenvalue weighted by atomic mass is 9.94. The van der Waals surface area contributed by atoms with Crippen molar-refractivity contribution in [1.82, 2.24) is 9.80 Å². The number of rotatable bonds is 2. The molecular formula is C16H31N3O2. The Morgan fingerprint density at radius 3 is 2.43 bits per heavy atom. The number of nitrogens with two attached hydrogens (primary N) is 1. The van der Waals surface area contributed by atoms with Crippen LogP contribution in [0.15, 0.2) is 0 Å². The van der Waals surface area contributed by atoms with Crippen LogP contribution in [0, 0.1) is 5.92 Å². The van der Waals surface area contributed by atoms with Gasteiger partial charge in [0.2, 0.25) is 0 Å². The van der Waals surface area contributed by atoms with Crippen molar-refractivity contribution in [3.8, 4) is 0 Å². The molecule has 0 aromatic rings. The molecule has 0 aliphatic carbocycles. The molecule has 1 atom stereocenters. The summed E-state index contributed by atoms with van der Waals surface area (Å²) in [7, 11) is 0. The second-order valence-electron chi connectivity index (χ2n) is 7.44. The van der Waals surface area contributed by atoms with Crippen LogP contribution in [0.5, 0.6) is 0 Å². The molecule has 5 nitrogen and oxygen atoms in total. The zero-order valence-electron chi connectivity index (χ0n) is 13.8. The molecule has 2 aliphatic heterocycles. The van der Waals surface area contributed by atoms with Gasteiger partial charge in [-0.25, -0.2) is 4.79 Å². The van der Waals surface area contributed by atoms with Gasteiger partial charge in [-0.3, -0.25) is 4.90 Å². The van der Waals surface area contributed by atoms with E-state index in [0.717, 1.165) is 39.1 Å². The minimum atomic E-state index is -0.413. The average molecular weight is 297 g/mol. The van der Waals surface area contributed by atoms with E-state index in [0.29, 0.717) is 12.0 Å². The van der Waals surface area contributed by atoms with E-state index in [1.54, 1.807) is 0 Å². The SMILES string of the molecule is CC(C)(C)OC(=O)N1CCCC(N2CCC(CN)CC2)C1. The minimum Gasteiger partial charge on any atom is -0.444 e. The van der Waals surface area contributed by atoms with Crippen LogP contribution < -0.4 is 5.73 Å². The van der Waals surface area contributed by atoms with Gasteiger partial charge < -0.3 is 15.4 Å². The number of hydrogen-bond acceptors (Lipinski definition) is 4. The predicted molar refractivity (Wildman–Crippen MR) is 84.2 cm³/mol. The summed E-state index contributed by atoms with van der Waals surface area (Å²) in [6.45, 7) is 10.4. The molecule has 2 fully saturated rings. The highest BCUT2D eigenvalue weighted by molar-refractivity contribution is 5.68. The van der Waals surface area contributed by atoms with Crippen molar-refractivity contribution in [2.24, 2.45) is 11.7 Å². The summed E-state index contributed by atoms with van der Waals surface area (Å²) in [5.74, 6) is 0.687. The van der Waals surface area contributed by atoms with E-state index in [1.165, 1.54) is 19.3 Å². The average Bonchev–Trinajstić information content (AvgIpc) is 2.46. The molecular weight excluding hydrogens is 266 g/mol. The molecule has 21 heavy (non-hydrogen) atoms. The van der Waals surface area contributed by atoms with Gasteiger partial charge >= 0.3 is 6.09 Å². The summed E-state index contributed by atoms with van der Waals surface area (Å²) in [6.07, 6.45) is 4.48. The summed E-state index contributed by atoms with van der Waals surface area (Å²) in [4.78, 5) is 16.6. The second-order valence-corrected chi connectivity index (χ2v) is 7.44. The van der Waals surface area contributed by atoms with E-state index >= 15 is 0 Å². The van der Waals surface area contributed by atoms with E-state index in [1.807, 2.05) is 25.7 Å². The Kier molecular flexibility index (Phi) is 5.49. The van der Waals surface area contributed by atoms with Crippen LogP contribution in [0.25, 0.3) is 0 Å². The van der Waals surface area contributed by atoms with Crippen molar-refractivity contribution in [1.29, 1.82) is 0 Å². The molecule has 0 saturated carbocycles. The topological polar surface area (TPSA) is 58.8 Å². The number of carbonyl (C=O) groups excluding carboxylic acids is 1. The zero-order valence-corrected chi connectivity index (χ0v) is 13.8. The van der Waals surface area contributed by atoms with E-state index < -0.39 is 5.60 Å². The fraction of sp³-hybridized carbons (Fsp3) is 0.938. The van der Waals surface area contributed by atoms with Crippen LogP contribution in [-0.4, -0.2) is 60.3 Å².